The Morgan fingerprint density at radius 1 is 1.33 bits per heavy atom. The summed E-state index contributed by atoms with van der Waals surface area (Å²) in [6.45, 7) is 6.19. The van der Waals surface area contributed by atoms with Crippen molar-refractivity contribution in [3.05, 3.63) is 45.4 Å². The van der Waals surface area contributed by atoms with E-state index in [-0.39, 0.29) is 11.9 Å². The average Bonchev–Trinajstić information content (AvgIpc) is 2.77. The minimum atomic E-state index is 0.00647. The van der Waals surface area contributed by atoms with Crippen molar-refractivity contribution >= 4 is 22.9 Å². The molecule has 1 heterocycles. The molecule has 2 aromatic rings. The molecule has 0 aliphatic rings. The first kappa shape index (κ1) is 15.5. The lowest BCUT2D eigenvalue weighted by Crippen LogP contribution is -2.21. The van der Waals surface area contributed by atoms with E-state index in [1.165, 1.54) is 4.88 Å². The van der Waals surface area contributed by atoms with Crippen molar-refractivity contribution in [3.63, 3.8) is 0 Å². The molecule has 0 fully saturated rings. The maximum Gasteiger partial charge on any atom is 0.253 e. The Morgan fingerprint density at radius 2 is 2.05 bits per heavy atom. The summed E-state index contributed by atoms with van der Waals surface area (Å²) in [6.07, 6.45) is 0. The number of hydrogen-bond acceptors (Lipinski definition) is 4. The van der Waals surface area contributed by atoms with Crippen LogP contribution in [-0.4, -0.2) is 29.9 Å². The predicted molar refractivity (Wildman–Crippen MR) is 88.1 cm³/mol. The molecule has 1 aromatic heterocycles. The minimum absolute atomic E-state index is 0.00647. The fraction of sp³-hybridized carbons (Fsp3) is 0.375. The molecule has 0 saturated carbocycles. The Hall–Kier alpha value is -1.88. The second-order valence-corrected chi connectivity index (χ2v) is 6.73. The van der Waals surface area contributed by atoms with Gasteiger partial charge in [-0.15, -0.1) is 11.3 Å². The molecule has 1 N–H and O–H groups in total. The molecule has 4 nitrogen and oxygen atoms in total. The molecule has 21 heavy (non-hydrogen) atoms. The van der Waals surface area contributed by atoms with Gasteiger partial charge in [0.05, 0.1) is 16.7 Å². The van der Waals surface area contributed by atoms with Gasteiger partial charge in [0.2, 0.25) is 0 Å². The van der Waals surface area contributed by atoms with Gasteiger partial charge < -0.3 is 10.2 Å². The molecule has 1 atom stereocenters. The summed E-state index contributed by atoms with van der Waals surface area (Å²) in [5.41, 5.74) is 2.69. The summed E-state index contributed by atoms with van der Waals surface area (Å²) in [4.78, 5) is 19.4. The molecule has 0 spiro atoms. The van der Waals surface area contributed by atoms with E-state index in [1.54, 1.807) is 30.3 Å². The van der Waals surface area contributed by atoms with Gasteiger partial charge in [0.1, 0.15) is 0 Å². The number of aryl methyl sites for hydroxylation is 2. The molecule has 0 aliphatic heterocycles. The van der Waals surface area contributed by atoms with Gasteiger partial charge in [0.15, 0.2) is 0 Å². The van der Waals surface area contributed by atoms with Crippen LogP contribution in [-0.2, 0) is 0 Å². The fourth-order valence-corrected chi connectivity index (χ4v) is 3.18. The van der Waals surface area contributed by atoms with Gasteiger partial charge >= 0.3 is 0 Å². The largest absolute Gasteiger partial charge is 0.377 e. The van der Waals surface area contributed by atoms with Crippen molar-refractivity contribution in [1.82, 2.24) is 9.88 Å². The first-order valence-corrected chi connectivity index (χ1v) is 7.72. The quantitative estimate of drug-likeness (QED) is 0.938. The maximum absolute atomic E-state index is 12.0. The van der Waals surface area contributed by atoms with E-state index in [0.29, 0.717) is 5.56 Å². The Morgan fingerprint density at radius 3 is 2.62 bits per heavy atom. The molecule has 1 amide bonds. The van der Waals surface area contributed by atoms with Gasteiger partial charge in [-0.3, -0.25) is 4.79 Å². The average molecular weight is 303 g/mol. The molecular formula is C16H21N3OS. The normalized spacial score (nSPS) is 12.0. The van der Waals surface area contributed by atoms with Crippen molar-refractivity contribution in [1.29, 1.82) is 0 Å². The first-order chi connectivity index (χ1) is 9.88. The van der Waals surface area contributed by atoms with Gasteiger partial charge in [-0.25, -0.2) is 4.98 Å². The lowest BCUT2D eigenvalue weighted by atomic mass is 10.1. The third kappa shape index (κ3) is 3.61. The van der Waals surface area contributed by atoms with E-state index < -0.39 is 0 Å². The molecule has 0 aliphatic carbocycles. The van der Waals surface area contributed by atoms with Crippen LogP contribution >= 0.6 is 11.3 Å². The third-order valence-electron chi connectivity index (χ3n) is 3.25. The van der Waals surface area contributed by atoms with Gasteiger partial charge in [0, 0.05) is 30.2 Å². The first-order valence-electron chi connectivity index (χ1n) is 6.90. The number of benzene rings is 1. The third-order valence-corrected chi connectivity index (χ3v) is 4.15. The number of anilines is 1. The Balaban J connectivity index is 2.18. The van der Waals surface area contributed by atoms with Gasteiger partial charge in [0.25, 0.3) is 5.91 Å². The number of rotatable bonds is 4. The molecule has 5 heteroatoms. The van der Waals surface area contributed by atoms with Crippen molar-refractivity contribution < 1.29 is 4.79 Å². The van der Waals surface area contributed by atoms with Gasteiger partial charge in [-0.2, -0.15) is 0 Å². The van der Waals surface area contributed by atoms with Crippen LogP contribution in [0, 0.1) is 13.8 Å². The van der Waals surface area contributed by atoms with Crippen LogP contribution in [0.1, 0.15) is 38.9 Å². The lowest BCUT2D eigenvalue weighted by molar-refractivity contribution is 0.0827. The zero-order valence-electron chi connectivity index (χ0n) is 13.1. The Labute approximate surface area is 129 Å². The molecule has 0 bridgehead atoms. The van der Waals surface area contributed by atoms with E-state index in [1.807, 2.05) is 31.2 Å². The molecule has 1 unspecified atom stereocenters. The van der Waals surface area contributed by atoms with E-state index >= 15 is 0 Å². The van der Waals surface area contributed by atoms with Crippen molar-refractivity contribution in [3.8, 4) is 0 Å². The van der Waals surface area contributed by atoms with Crippen LogP contribution in [0.25, 0.3) is 0 Å². The van der Waals surface area contributed by atoms with Gasteiger partial charge in [-0.1, -0.05) is 6.07 Å². The molecule has 0 saturated heterocycles. The van der Waals surface area contributed by atoms with Crippen LogP contribution in [0.5, 0.6) is 0 Å². The molecular weight excluding hydrogens is 282 g/mol. The molecule has 112 valence electrons. The smallest absolute Gasteiger partial charge is 0.253 e. The predicted octanol–water partition coefficient (Wildman–Crippen LogP) is 3.63. The second kappa shape index (κ2) is 6.26. The zero-order chi connectivity index (χ0) is 15.6. The van der Waals surface area contributed by atoms with Crippen molar-refractivity contribution in [2.75, 3.05) is 19.4 Å². The lowest BCUT2D eigenvalue weighted by Gasteiger charge is -2.16. The Bertz CT molecular complexity index is 649. The number of aromatic nitrogens is 1. The number of amides is 1. The summed E-state index contributed by atoms with van der Waals surface area (Å²) in [5, 5.41) is 4.50. The summed E-state index contributed by atoms with van der Waals surface area (Å²) < 4.78 is 0. The summed E-state index contributed by atoms with van der Waals surface area (Å²) in [5.74, 6) is 0.00647. The number of thiazole rings is 1. The molecule has 2 rings (SSSR count). The van der Waals surface area contributed by atoms with Crippen LogP contribution in [0.3, 0.4) is 0 Å². The van der Waals surface area contributed by atoms with E-state index in [2.05, 4.69) is 24.1 Å². The number of nitrogens with one attached hydrogen (secondary N) is 1. The number of carbonyl (C=O) groups excluding carboxylic acids is 1. The fourth-order valence-electron chi connectivity index (χ4n) is 2.27. The van der Waals surface area contributed by atoms with Crippen molar-refractivity contribution in [2.45, 2.75) is 26.8 Å². The highest BCUT2D eigenvalue weighted by molar-refractivity contribution is 7.11. The highest BCUT2D eigenvalue weighted by Crippen LogP contribution is 2.25. The minimum Gasteiger partial charge on any atom is -0.377 e. The molecule has 0 radical (unpaired) electrons. The maximum atomic E-state index is 12.0. The van der Waals surface area contributed by atoms with Crippen molar-refractivity contribution in [2.24, 2.45) is 0 Å². The number of hydrogen-bond donors (Lipinski definition) is 1. The highest BCUT2D eigenvalue weighted by atomic mass is 32.1. The van der Waals surface area contributed by atoms with E-state index in [4.69, 9.17) is 0 Å². The van der Waals surface area contributed by atoms with E-state index in [0.717, 1.165) is 16.4 Å². The van der Waals surface area contributed by atoms with Crippen LogP contribution in [0.15, 0.2) is 24.3 Å². The summed E-state index contributed by atoms with van der Waals surface area (Å²) in [6, 6.07) is 7.69. The Kier molecular flexibility index (Phi) is 4.63. The second-order valence-electron chi connectivity index (χ2n) is 5.32. The monoisotopic (exact) mass is 303 g/mol. The zero-order valence-corrected chi connectivity index (χ0v) is 13.9. The van der Waals surface area contributed by atoms with E-state index in [9.17, 15) is 4.79 Å². The topological polar surface area (TPSA) is 45.2 Å². The number of nitrogens with zero attached hydrogens (tertiary/aromatic N) is 2. The summed E-state index contributed by atoms with van der Waals surface area (Å²) in [7, 11) is 3.51. The van der Waals surface area contributed by atoms with Crippen LogP contribution in [0.4, 0.5) is 5.69 Å². The standard InChI is InChI=1S/C16H21N3OS/c1-10(15-11(2)21-12(3)18-15)17-14-8-6-7-13(9-14)16(20)19(4)5/h6-10,17H,1-5H3. The van der Waals surface area contributed by atoms with Crippen LogP contribution < -0.4 is 5.32 Å². The summed E-state index contributed by atoms with van der Waals surface area (Å²) >= 11 is 1.71. The molecule has 1 aromatic carbocycles. The number of carbonyl (C=O) groups is 1. The SMILES string of the molecule is Cc1nc(C(C)Nc2cccc(C(=O)N(C)C)c2)c(C)s1. The highest BCUT2D eigenvalue weighted by Gasteiger charge is 2.14. The van der Waals surface area contributed by atoms with Crippen LogP contribution in [0.2, 0.25) is 0 Å². The van der Waals surface area contributed by atoms with Gasteiger partial charge in [-0.05, 0) is 39.0 Å².